The maximum atomic E-state index is 11.7. The Balaban J connectivity index is 2.39. The van der Waals surface area contributed by atoms with Crippen LogP contribution in [-0.2, 0) is 11.2 Å². The minimum Gasteiger partial charge on any atom is -0.396 e. The Morgan fingerprint density at radius 1 is 1.44 bits per heavy atom. The smallest absolute Gasteiger partial charge is 0.220 e. The summed E-state index contributed by atoms with van der Waals surface area (Å²) in [6.07, 6.45) is 2.50. The molecule has 4 heteroatoms. The fourth-order valence-corrected chi connectivity index (χ4v) is 2.01. The number of aliphatic hydroxyl groups excluding tert-OH is 1. The molecule has 18 heavy (non-hydrogen) atoms. The molecule has 0 aliphatic carbocycles. The molecule has 1 rings (SSSR count). The highest BCUT2D eigenvalue weighted by atomic mass is 35.5. The molecule has 3 nitrogen and oxygen atoms in total. The van der Waals surface area contributed by atoms with Crippen LogP contribution in [-0.4, -0.2) is 23.7 Å². The Labute approximate surface area is 113 Å². The molecule has 100 valence electrons. The van der Waals surface area contributed by atoms with Gasteiger partial charge in [-0.05, 0) is 30.9 Å². The van der Waals surface area contributed by atoms with Crippen LogP contribution in [0.4, 0.5) is 0 Å². The van der Waals surface area contributed by atoms with Gasteiger partial charge in [0.25, 0.3) is 0 Å². The molecule has 0 aliphatic heterocycles. The topological polar surface area (TPSA) is 49.3 Å². The van der Waals surface area contributed by atoms with Crippen LogP contribution in [0.3, 0.4) is 0 Å². The first-order chi connectivity index (χ1) is 8.67. The summed E-state index contributed by atoms with van der Waals surface area (Å²) in [5.74, 6) is 0.00946. The third-order valence-corrected chi connectivity index (χ3v) is 3.28. The summed E-state index contributed by atoms with van der Waals surface area (Å²) >= 11 is 6.03. The zero-order valence-electron chi connectivity index (χ0n) is 10.7. The summed E-state index contributed by atoms with van der Waals surface area (Å²) in [6.45, 7) is 2.10. The van der Waals surface area contributed by atoms with Gasteiger partial charge in [0.15, 0.2) is 0 Å². The number of benzene rings is 1. The van der Waals surface area contributed by atoms with Gasteiger partial charge in [0.1, 0.15) is 0 Å². The van der Waals surface area contributed by atoms with Crippen molar-refractivity contribution in [1.82, 2.24) is 5.32 Å². The molecule has 0 spiro atoms. The van der Waals surface area contributed by atoms with Crippen LogP contribution in [0.25, 0.3) is 0 Å². The lowest BCUT2D eigenvalue weighted by Gasteiger charge is -2.15. The van der Waals surface area contributed by atoms with Crippen molar-refractivity contribution in [2.24, 2.45) is 0 Å². The number of hydrogen-bond acceptors (Lipinski definition) is 2. The summed E-state index contributed by atoms with van der Waals surface area (Å²) in [6, 6.07) is 7.62. The van der Waals surface area contributed by atoms with E-state index in [1.54, 1.807) is 0 Å². The number of nitrogens with one attached hydrogen (secondary N) is 1. The third-order valence-electron chi connectivity index (χ3n) is 2.91. The molecule has 0 saturated carbocycles. The lowest BCUT2D eigenvalue weighted by Crippen LogP contribution is -2.35. The van der Waals surface area contributed by atoms with E-state index in [4.69, 9.17) is 16.7 Å². The van der Waals surface area contributed by atoms with Crippen LogP contribution >= 0.6 is 11.6 Å². The summed E-state index contributed by atoms with van der Waals surface area (Å²) in [5.41, 5.74) is 0.990. The van der Waals surface area contributed by atoms with Crippen LogP contribution in [0.2, 0.25) is 5.02 Å². The van der Waals surface area contributed by atoms with Crippen molar-refractivity contribution in [1.29, 1.82) is 0 Å². The van der Waals surface area contributed by atoms with Crippen molar-refractivity contribution in [2.45, 2.75) is 38.6 Å². The van der Waals surface area contributed by atoms with Gasteiger partial charge in [0.2, 0.25) is 5.91 Å². The first kappa shape index (κ1) is 15.0. The Bertz CT molecular complexity index is 382. The molecule has 1 aromatic rings. The van der Waals surface area contributed by atoms with Crippen molar-refractivity contribution in [2.75, 3.05) is 6.61 Å². The lowest BCUT2D eigenvalue weighted by molar-refractivity contribution is -0.121. The molecule has 2 N–H and O–H groups in total. The van der Waals surface area contributed by atoms with Gasteiger partial charge in [0, 0.05) is 24.1 Å². The van der Waals surface area contributed by atoms with Gasteiger partial charge >= 0.3 is 0 Å². The first-order valence-corrected chi connectivity index (χ1v) is 6.68. The zero-order valence-corrected chi connectivity index (χ0v) is 11.4. The molecule has 0 saturated heterocycles. The molecule has 0 aromatic heterocycles. The van der Waals surface area contributed by atoms with Gasteiger partial charge in [0.05, 0.1) is 0 Å². The van der Waals surface area contributed by atoms with Crippen LogP contribution in [0.5, 0.6) is 0 Å². The number of aryl methyl sites for hydroxylation is 1. The van der Waals surface area contributed by atoms with E-state index >= 15 is 0 Å². The fraction of sp³-hybridized carbons (Fsp3) is 0.500. The zero-order chi connectivity index (χ0) is 13.4. The number of hydrogen-bond donors (Lipinski definition) is 2. The fourth-order valence-electron chi connectivity index (χ4n) is 1.78. The number of carbonyl (C=O) groups excluding carboxylic acids is 1. The second-order valence-corrected chi connectivity index (χ2v) is 4.68. The van der Waals surface area contributed by atoms with Gasteiger partial charge in [-0.25, -0.2) is 0 Å². The van der Waals surface area contributed by atoms with Gasteiger partial charge in [-0.2, -0.15) is 0 Å². The Kier molecular flexibility index (Phi) is 6.76. The van der Waals surface area contributed by atoms with E-state index in [1.807, 2.05) is 31.2 Å². The second-order valence-electron chi connectivity index (χ2n) is 4.28. The maximum absolute atomic E-state index is 11.7. The number of amides is 1. The Morgan fingerprint density at radius 3 is 2.78 bits per heavy atom. The van der Waals surface area contributed by atoms with Gasteiger partial charge < -0.3 is 10.4 Å². The number of aliphatic hydroxyl groups is 1. The van der Waals surface area contributed by atoms with E-state index in [2.05, 4.69) is 5.32 Å². The van der Waals surface area contributed by atoms with Gasteiger partial charge in [-0.15, -0.1) is 0 Å². The molecular weight excluding hydrogens is 250 g/mol. The lowest BCUT2D eigenvalue weighted by atomic mass is 10.1. The van der Waals surface area contributed by atoms with Crippen LogP contribution in [0.15, 0.2) is 24.3 Å². The second kappa shape index (κ2) is 8.11. The van der Waals surface area contributed by atoms with Crippen LogP contribution < -0.4 is 5.32 Å². The van der Waals surface area contributed by atoms with Crippen molar-refractivity contribution in [3.05, 3.63) is 34.9 Å². The Hall–Kier alpha value is -1.06. The van der Waals surface area contributed by atoms with E-state index in [0.717, 1.165) is 12.0 Å². The quantitative estimate of drug-likeness (QED) is 0.799. The molecule has 1 amide bonds. The van der Waals surface area contributed by atoms with E-state index in [0.29, 0.717) is 24.3 Å². The largest absolute Gasteiger partial charge is 0.396 e. The van der Waals surface area contributed by atoms with Crippen molar-refractivity contribution < 1.29 is 9.90 Å². The molecule has 0 radical (unpaired) electrons. The average Bonchev–Trinajstić information content (AvgIpc) is 2.37. The first-order valence-electron chi connectivity index (χ1n) is 6.31. The predicted molar refractivity (Wildman–Crippen MR) is 73.7 cm³/mol. The molecule has 1 unspecified atom stereocenters. The molecular formula is C14H20ClNO2. The molecule has 0 fully saturated rings. The number of carbonyl (C=O) groups is 1. The van der Waals surface area contributed by atoms with E-state index in [1.165, 1.54) is 0 Å². The highest BCUT2D eigenvalue weighted by Gasteiger charge is 2.10. The molecule has 1 atom stereocenters. The van der Waals surface area contributed by atoms with Crippen LogP contribution in [0, 0.1) is 0 Å². The average molecular weight is 270 g/mol. The molecule has 0 heterocycles. The third kappa shape index (κ3) is 5.07. The van der Waals surface area contributed by atoms with Crippen molar-refractivity contribution >= 4 is 17.5 Å². The van der Waals surface area contributed by atoms with Gasteiger partial charge in [-0.3, -0.25) is 4.79 Å². The summed E-state index contributed by atoms with van der Waals surface area (Å²) in [7, 11) is 0. The molecule has 1 aromatic carbocycles. The van der Waals surface area contributed by atoms with Gasteiger partial charge in [-0.1, -0.05) is 36.7 Å². The summed E-state index contributed by atoms with van der Waals surface area (Å²) < 4.78 is 0. The highest BCUT2D eigenvalue weighted by molar-refractivity contribution is 6.31. The maximum Gasteiger partial charge on any atom is 0.220 e. The Morgan fingerprint density at radius 2 is 2.17 bits per heavy atom. The minimum atomic E-state index is 0.00946. The van der Waals surface area contributed by atoms with Crippen molar-refractivity contribution in [3.8, 4) is 0 Å². The monoisotopic (exact) mass is 269 g/mol. The number of rotatable bonds is 7. The van der Waals surface area contributed by atoms with Crippen LogP contribution in [0.1, 0.15) is 31.7 Å². The van der Waals surface area contributed by atoms with E-state index in [-0.39, 0.29) is 18.6 Å². The predicted octanol–water partition coefficient (Wildman–Crippen LogP) is 2.55. The summed E-state index contributed by atoms with van der Waals surface area (Å²) in [5, 5.41) is 12.5. The van der Waals surface area contributed by atoms with E-state index in [9.17, 15) is 4.79 Å². The summed E-state index contributed by atoms with van der Waals surface area (Å²) in [4.78, 5) is 11.7. The number of halogens is 1. The standard InChI is InChI=1S/C14H20ClNO2/c1-2-12(9-10-17)16-14(18)8-7-11-5-3-4-6-13(11)15/h3-6,12,17H,2,7-10H2,1H3,(H,16,18). The SMILES string of the molecule is CCC(CCO)NC(=O)CCc1ccccc1Cl. The minimum absolute atomic E-state index is 0.00946. The molecule has 0 aliphatic rings. The van der Waals surface area contributed by atoms with E-state index < -0.39 is 0 Å². The highest BCUT2D eigenvalue weighted by Crippen LogP contribution is 2.16. The molecule has 0 bridgehead atoms. The van der Waals surface area contributed by atoms with Crippen molar-refractivity contribution in [3.63, 3.8) is 0 Å². The normalized spacial score (nSPS) is 12.2.